The van der Waals surface area contributed by atoms with E-state index in [1.54, 1.807) is 30.2 Å². The number of rotatable bonds is 6. The van der Waals surface area contributed by atoms with Crippen molar-refractivity contribution < 1.29 is 18.3 Å². The molecule has 1 amide bonds. The van der Waals surface area contributed by atoms with Crippen molar-refractivity contribution in [1.29, 1.82) is 0 Å². The first-order valence-corrected chi connectivity index (χ1v) is 13.6. The summed E-state index contributed by atoms with van der Waals surface area (Å²) in [7, 11) is 0.225. The highest BCUT2D eigenvalue weighted by atomic mass is 32.2. The molecule has 0 radical (unpaired) electrons. The van der Waals surface area contributed by atoms with Gasteiger partial charge in [0.25, 0.3) is 5.91 Å². The van der Waals surface area contributed by atoms with Gasteiger partial charge in [-0.15, -0.1) is 0 Å². The predicted octanol–water partition coefficient (Wildman–Crippen LogP) is 2.63. The number of fused-ring (bicyclic) bond motifs is 1. The number of nitrogens with zero attached hydrogens (tertiary/aromatic N) is 3. The minimum Gasteiger partial charge on any atom is -0.395 e. The minimum atomic E-state index is -3.25. The number of carbonyl (C=O) groups is 1. The maximum Gasteiger partial charge on any atom is 0.253 e. The van der Waals surface area contributed by atoms with Gasteiger partial charge < -0.3 is 10.0 Å². The zero-order chi connectivity index (χ0) is 24.5. The van der Waals surface area contributed by atoms with Crippen LogP contribution in [-0.2, 0) is 10.0 Å². The molecule has 0 saturated carbocycles. The fraction of sp³-hybridized carbons (Fsp3) is 0.500. The van der Waals surface area contributed by atoms with Gasteiger partial charge in [-0.05, 0) is 55.1 Å². The Morgan fingerprint density at radius 3 is 2.15 bits per heavy atom. The Bertz CT molecular complexity index is 1100. The number of amides is 1. The molecule has 2 fully saturated rings. The van der Waals surface area contributed by atoms with Gasteiger partial charge in [-0.25, -0.2) is 12.7 Å². The standard InChI is InChI=1S/C26H35N3O4S/c1-4-34(32,33)28-15-5-6-16-29-23(17-28)25(24(29)18-30)21-11-7-19(8-12-21)20-9-13-22(14-10-20)26(31)27(2)3/h7-14,23-25,30H,4-6,15-18H2,1-3H3/t23-,24+,25-/m1/s1. The highest BCUT2D eigenvalue weighted by Crippen LogP contribution is 2.42. The van der Waals surface area contributed by atoms with Crippen LogP contribution < -0.4 is 0 Å². The Balaban J connectivity index is 1.55. The molecule has 8 heteroatoms. The van der Waals surface area contributed by atoms with E-state index in [4.69, 9.17) is 0 Å². The topological polar surface area (TPSA) is 81.2 Å². The number of aliphatic hydroxyl groups is 1. The monoisotopic (exact) mass is 485 g/mol. The molecule has 0 unspecified atom stereocenters. The third-order valence-corrected chi connectivity index (χ3v) is 9.11. The molecular weight excluding hydrogens is 450 g/mol. The van der Waals surface area contributed by atoms with Crippen molar-refractivity contribution in [1.82, 2.24) is 14.1 Å². The normalized spacial score (nSPS) is 23.9. The average Bonchev–Trinajstić information content (AvgIpc) is 2.83. The second-order valence-corrected chi connectivity index (χ2v) is 11.7. The lowest BCUT2D eigenvalue weighted by molar-refractivity contribution is -0.0553. The molecule has 2 saturated heterocycles. The summed E-state index contributed by atoms with van der Waals surface area (Å²) in [4.78, 5) is 16.0. The number of carbonyl (C=O) groups excluding carboxylic acids is 1. The first-order chi connectivity index (χ1) is 16.3. The van der Waals surface area contributed by atoms with Gasteiger partial charge in [0.05, 0.1) is 12.4 Å². The molecule has 2 heterocycles. The summed E-state index contributed by atoms with van der Waals surface area (Å²) in [6.45, 7) is 3.69. The Kier molecular flexibility index (Phi) is 7.42. The molecule has 0 aromatic heterocycles. The molecule has 2 aliphatic rings. The molecule has 0 bridgehead atoms. The molecule has 7 nitrogen and oxygen atoms in total. The Hall–Kier alpha value is -2.26. The van der Waals surface area contributed by atoms with Gasteiger partial charge >= 0.3 is 0 Å². The van der Waals surface area contributed by atoms with Crippen LogP contribution in [0.15, 0.2) is 48.5 Å². The van der Waals surface area contributed by atoms with Crippen LogP contribution in [0.3, 0.4) is 0 Å². The van der Waals surface area contributed by atoms with Crippen molar-refractivity contribution in [3.05, 3.63) is 59.7 Å². The van der Waals surface area contributed by atoms with E-state index in [0.29, 0.717) is 18.7 Å². The molecule has 4 rings (SSSR count). The Morgan fingerprint density at radius 2 is 1.59 bits per heavy atom. The van der Waals surface area contributed by atoms with E-state index in [1.165, 1.54) is 0 Å². The number of sulfonamides is 1. The fourth-order valence-corrected chi connectivity index (χ4v) is 6.46. The van der Waals surface area contributed by atoms with Gasteiger partial charge in [0, 0.05) is 50.7 Å². The van der Waals surface area contributed by atoms with Crippen molar-refractivity contribution in [3.63, 3.8) is 0 Å². The largest absolute Gasteiger partial charge is 0.395 e. The minimum absolute atomic E-state index is 0.0106. The summed E-state index contributed by atoms with van der Waals surface area (Å²) in [6.07, 6.45) is 1.78. The quantitative estimate of drug-likeness (QED) is 0.680. The van der Waals surface area contributed by atoms with Crippen LogP contribution in [0.1, 0.15) is 41.6 Å². The zero-order valence-corrected chi connectivity index (χ0v) is 21.0. The van der Waals surface area contributed by atoms with Gasteiger partial charge in [-0.1, -0.05) is 36.4 Å². The SMILES string of the molecule is CCS(=O)(=O)N1CCCCN2[C@H](C1)[C@@H](c1ccc(-c3ccc(C(=O)N(C)C)cc3)cc1)[C@@H]2CO. The first-order valence-electron chi connectivity index (χ1n) is 12.0. The van der Waals surface area contributed by atoms with Crippen molar-refractivity contribution in [2.75, 3.05) is 46.1 Å². The van der Waals surface area contributed by atoms with E-state index in [2.05, 4.69) is 29.2 Å². The van der Waals surface area contributed by atoms with Crippen molar-refractivity contribution in [3.8, 4) is 11.1 Å². The van der Waals surface area contributed by atoms with Gasteiger partial charge in [0.15, 0.2) is 0 Å². The van der Waals surface area contributed by atoms with E-state index < -0.39 is 10.0 Å². The summed E-state index contributed by atoms with van der Waals surface area (Å²) < 4.78 is 26.9. The fourth-order valence-electron chi connectivity index (χ4n) is 5.31. The van der Waals surface area contributed by atoms with Crippen LogP contribution in [0.2, 0.25) is 0 Å². The maximum atomic E-state index is 12.6. The number of hydrogen-bond acceptors (Lipinski definition) is 5. The lowest BCUT2D eigenvalue weighted by atomic mass is 9.74. The molecular formula is C26H35N3O4S. The van der Waals surface area contributed by atoms with Crippen LogP contribution >= 0.6 is 0 Å². The number of hydrogen-bond donors (Lipinski definition) is 1. The summed E-state index contributed by atoms with van der Waals surface area (Å²) in [6, 6.07) is 16.0. The summed E-state index contributed by atoms with van der Waals surface area (Å²) in [5.74, 6) is 0.179. The molecule has 184 valence electrons. The van der Waals surface area contributed by atoms with Crippen LogP contribution in [0.4, 0.5) is 0 Å². The van der Waals surface area contributed by atoms with Crippen molar-refractivity contribution >= 4 is 15.9 Å². The van der Waals surface area contributed by atoms with E-state index >= 15 is 0 Å². The predicted molar refractivity (Wildman–Crippen MR) is 134 cm³/mol. The van der Waals surface area contributed by atoms with Gasteiger partial charge in [-0.2, -0.15) is 0 Å². The lowest BCUT2D eigenvalue weighted by Gasteiger charge is -2.57. The van der Waals surface area contributed by atoms with Crippen molar-refractivity contribution in [2.45, 2.75) is 37.8 Å². The third kappa shape index (κ3) is 4.77. The molecule has 1 N–H and O–H groups in total. The Labute approximate surface area is 203 Å². The highest BCUT2D eigenvalue weighted by Gasteiger charge is 2.50. The van der Waals surface area contributed by atoms with Gasteiger partial charge in [0.1, 0.15) is 0 Å². The molecule has 0 spiro atoms. The Morgan fingerprint density at radius 1 is 1.00 bits per heavy atom. The maximum absolute atomic E-state index is 12.6. The molecule has 2 aliphatic heterocycles. The lowest BCUT2D eigenvalue weighted by Crippen LogP contribution is -2.67. The second kappa shape index (κ2) is 10.2. The van der Waals surface area contributed by atoms with Crippen LogP contribution in [0, 0.1) is 0 Å². The van der Waals surface area contributed by atoms with E-state index in [9.17, 15) is 18.3 Å². The number of aliphatic hydroxyl groups excluding tert-OH is 1. The molecule has 3 atom stereocenters. The van der Waals surface area contributed by atoms with Gasteiger partial charge in [-0.3, -0.25) is 9.69 Å². The van der Waals surface area contributed by atoms with Crippen LogP contribution in [-0.4, -0.2) is 91.7 Å². The van der Waals surface area contributed by atoms with Crippen molar-refractivity contribution in [2.24, 2.45) is 0 Å². The molecule has 2 aromatic rings. The highest BCUT2D eigenvalue weighted by molar-refractivity contribution is 7.89. The van der Waals surface area contributed by atoms with E-state index in [1.807, 2.05) is 24.3 Å². The van der Waals surface area contributed by atoms with E-state index in [0.717, 1.165) is 36.1 Å². The molecule has 0 aliphatic carbocycles. The number of benzene rings is 2. The molecule has 2 aromatic carbocycles. The van der Waals surface area contributed by atoms with Crippen LogP contribution in [0.25, 0.3) is 11.1 Å². The average molecular weight is 486 g/mol. The third-order valence-electron chi connectivity index (χ3n) is 7.26. The summed E-state index contributed by atoms with van der Waals surface area (Å²) in [5, 5.41) is 10.1. The summed E-state index contributed by atoms with van der Waals surface area (Å²) in [5.41, 5.74) is 3.86. The van der Waals surface area contributed by atoms with Gasteiger partial charge in [0.2, 0.25) is 10.0 Å². The van der Waals surface area contributed by atoms with Crippen LogP contribution in [0.5, 0.6) is 0 Å². The smallest absolute Gasteiger partial charge is 0.253 e. The molecule has 34 heavy (non-hydrogen) atoms. The van der Waals surface area contributed by atoms with E-state index in [-0.39, 0.29) is 36.3 Å². The summed E-state index contributed by atoms with van der Waals surface area (Å²) >= 11 is 0. The second-order valence-electron chi connectivity index (χ2n) is 9.45. The first kappa shape index (κ1) is 24.9. The zero-order valence-electron chi connectivity index (χ0n) is 20.2.